The molecule has 0 spiro atoms. The van der Waals surface area contributed by atoms with Gasteiger partial charge in [0, 0.05) is 54.9 Å². The second kappa shape index (κ2) is 18.2. The molecule has 0 fully saturated rings. The van der Waals surface area contributed by atoms with Gasteiger partial charge in [0.25, 0.3) is 0 Å². The molecule has 0 amide bonds. The number of rotatable bonds is 9. The van der Waals surface area contributed by atoms with Gasteiger partial charge in [0.1, 0.15) is 0 Å². The van der Waals surface area contributed by atoms with Gasteiger partial charge in [0.15, 0.2) is 34.9 Å². The standard InChI is InChI=1S/C68H40N6O2/c75-61-52-36-18-34-50-57(52)58-51(35-19-37-53(58)62(61)76)60-56(47-31-17-33-49(39-47)68-73-65(44-26-12-4-13-27-44)70-66(74-68)45-28-14-5-15-29-45)54(41-20-6-1-7-21-41)40-55(59(50)60)46-30-16-32-48(38-46)67-71-63(42-22-8-2-9-23-42)69-64(72-67)43-24-10-3-11-25-43/h1-40H. The second-order valence-corrected chi connectivity index (χ2v) is 18.8. The molecule has 0 unspecified atom stereocenters. The molecular weight excluding hydrogens is 933 g/mol. The average molecular weight is 973 g/mol. The summed E-state index contributed by atoms with van der Waals surface area (Å²) >= 11 is 0. The molecule has 0 aliphatic carbocycles. The van der Waals surface area contributed by atoms with Crippen molar-refractivity contribution in [3.8, 4) is 102 Å². The number of benzene rings is 12. The summed E-state index contributed by atoms with van der Waals surface area (Å²) in [5, 5.41) is 5.91. The lowest BCUT2D eigenvalue weighted by atomic mass is 9.80. The fourth-order valence-corrected chi connectivity index (χ4v) is 10.8. The number of hydrogen-bond acceptors (Lipinski definition) is 8. The third-order valence-electron chi connectivity index (χ3n) is 14.3. The predicted molar refractivity (Wildman–Crippen MR) is 307 cm³/mol. The van der Waals surface area contributed by atoms with Crippen molar-refractivity contribution < 1.29 is 0 Å². The Kier molecular flexibility index (Phi) is 10.6. The van der Waals surface area contributed by atoms with Gasteiger partial charge >= 0.3 is 0 Å². The maximum absolute atomic E-state index is 14.2. The highest BCUT2D eigenvalue weighted by Crippen LogP contribution is 2.51. The summed E-state index contributed by atoms with van der Waals surface area (Å²) in [5.74, 6) is 3.32. The van der Waals surface area contributed by atoms with E-state index in [1.54, 1.807) is 12.1 Å². The molecule has 0 bridgehead atoms. The molecular formula is C68H40N6O2. The van der Waals surface area contributed by atoms with E-state index >= 15 is 0 Å². The quantitative estimate of drug-likeness (QED) is 0.0799. The van der Waals surface area contributed by atoms with Gasteiger partial charge in [0.2, 0.25) is 10.9 Å². The molecule has 12 aromatic carbocycles. The van der Waals surface area contributed by atoms with Gasteiger partial charge in [-0.1, -0.05) is 224 Å². The van der Waals surface area contributed by atoms with Crippen LogP contribution >= 0.6 is 0 Å². The summed E-state index contributed by atoms with van der Waals surface area (Å²) in [4.78, 5) is 58.8. The molecule has 2 heterocycles. The summed E-state index contributed by atoms with van der Waals surface area (Å²) in [5.41, 5.74) is 9.77. The van der Waals surface area contributed by atoms with Crippen molar-refractivity contribution in [2.45, 2.75) is 0 Å². The van der Waals surface area contributed by atoms with Crippen LogP contribution in [0.15, 0.2) is 252 Å². The van der Waals surface area contributed by atoms with Crippen LogP contribution in [-0.4, -0.2) is 29.9 Å². The first kappa shape index (κ1) is 44.3. The number of fused-ring (bicyclic) bond motifs is 3. The predicted octanol–water partition coefficient (Wildman–Crippen LogP) is 15.3. The van der Waals surface area contributed by atoms with E-state index in [0.717, 1.165) is 99.1 Å². The van der Waals surface area contributed by atoms with E-state index in [2.05, 4.69) is 72.8 Å². The Morgan fingerprint density at radius 2 is 0.513 bits per heavy atom. The first-order valence-corrected chi connectivity index (χ1v) is 25.1. The van der Waals surface area contributed by atoms with Crippen LogP contribution in [0.1, 0.15) is 0 Å². The van der Waals surface area contributed by atoms with Crippen molar-refractivity contribution in [2.75, 3.05) is 0 Å². The highest BCUT2D eigenvalue weighted by atomic mass is 16.2. The van der Waals surface area contributed by atoms with Crippen molar-refractivity contribution in [1.82, 2.24) is 29.9 Å². The van der Waals surface area contributed by atoms with Crippen LogP contribution < -0.4 is 10.9 Å². The summed E-state index contributed by atoms with van der Waals surface area (Å²) in [7, 11) is 0. The van der Waals surface area contributed by atoms with E-state index in [4.69, 9.17) is 29.9 Å². The largest absolute Gasteiger partial charge is 0.285 e. The van der Waals surface area contributed by atoms with E-state index in [1.165, 1.54) is 0 Å². The maximum Gasteiger partial charge on any atom is 0.234 e. The Morgan fingerprint density at radius 1 is 0.211 bits per heavy atom. The molecule has 0 saturated carbocycles. The van der Waals surface area contributed by atoms with Crippen LogP contribution in [0, 0.1) is 0 Å². The lowest BCUT2D eigenvalue weighted by Gasteiger charge is -2.23. The normalized spacial score (nSPS) is 11.5. The fourth-order valence-electron chi connectivity index (χ4n) is 10.8. The average Bonchev–Trinajstić information content (AvgIpc) is 3.69. The molecule has 8 heteroatoms. The van der Waals surface area contributed by atoms with Crippen molar-refractivity contribution >= 4 is 43.1 Å². The van der Waals surface area contributed by atoms with E-state index < -0.39 is 10.9 Å². The summed E-state index contributed by atoms with van der Waals surface area (Å²) in [6, 6.07) is 80.9. The molecule has 354 valence electrons. The third kappa shape index (κ3) is 7.55. The number of nitrogens with zero attached hydrogens (tertiary/aromatic N) is 6. The monoisotopic (exact) mass is 972 g/mol. The van der Waals surface area contributed by atoms with Gasteiger partial charge in [-0.15, -0.1) is 0 Å². The number of hydrogen-bond donors (Lipinski definition) is 0. The molecule has 8 nitrogen and oxygen atoms in total. The van der Waals surface area contributed by atoms with Crippen LogP contribution in [0.3, 0.4) is 0 Å². The second-order valence-electron chi connectivity index (χ2n) is 18.8. The van der Waals surface area contributed by atoms with Crippen molar-refractivity contribution in [3.63, 3.8) is 0 Å². The van der Waals surface area contributed by atoms with Gasteiger partial charge in [0.05, 0.1) is 0 Å². The zero-order chi connectivity index (χ0) is 50.7. The van der Waals surface area contributed by atoms with Crippen LogP contribution in [0.25, 0.3) is 145 Å². The van der Waals surface area contributed by atoms with Crippen molar-refractivity contribution in [3.05, 3.63) is 263 Å². The molecule has 0 saturated heterocycles. The van der Waals surface area contributed by atoms with Gasteiger partial charge in [-0.05, 0) is 73.1 Å². The van der Waals surface area contributed by atoms with Crippen LogP contribution in [0.4, 0.5) is 0 Å². The fraction of sp³-hybridized carbons (Fsp3) is 0. The van der Waals surface area contributed by atoms with Gasteiger partial charge in [-0.25, -0.2) is 29.9 Å². The van der Waals surface area contributed by atoms with E-state index in [1.807, 2.05) is 158 Å². The molecule has 0 aliphatic rings. The maximum atomic E-state index is 14.2. The summed E-state index contributed by atoms with van der Waals surface area (Å²) in [6.45, 7) is 0. The number of aromatic nitrogens is 6. The third-order valence-corrected chi connectivity index (χ3v) is 14.3. The lowest BCUT2D eigenvalue weighted by Crippen LogP contribution is -2.24. The van der Waals surface area contributed by atoms with Gasteiger partial charge in [-0.2, -0.15) is 0 Å². The van der Waals surface area contributed by atoms with Gasteiger partial charge in [-0.3, -0.25) is 9.59 Å². The molecule has 0 radical (unpaired) electrons. The Bertz CT molecular complexity index is 4540. The first-order chi connectivity index (χ1) is 37.5. The first-order valence-electron chi connectivity index (χ1n) is 25.1. The Labute approximate surface area is 435 Å². The Morgan fingerprint density at radius 3 is 0.934 bits per heavy atom. The molecule has 76 heavy (non-hydrogen) atoms. The van der Waals surface area contributed by atoms with E-state index in [0.29, 0.717) is 45.7 Å². The zero-order valence-electron chi connectivity index (χ0n) is 40.6. The molecule has 2 aromatic heterocycles. The Balaban J connectivity index is 1.07. The molecule has 14 rings (SSSR count). The zero-order valence-corrected chi connectivity index (χ0v) is 40.6. The van der Waals surface area contributed by atoms with Crippen LogP contribution in [0.5, 0.6) is 0 Å². The van der Waals surface area contributed by atoms with Crippen LogP contribution in [-0.2, 0) is 0 Å². The minimum Gasteiger partial charge on any atom is -0.285 e. The molecule has 0 atom stereocenters. The van der Waals surface area contributed by atoms with E-state index in [9.17, 15) is 9.59 Å². The highest BCUT2D eigenvalue weighted by molar-refractivity contribution is 6.38. The minimum atomic E-state index is -0.513. The van der Waals surface area contributed by atoms with Gasteiger partial charge < -0.3 is 0 Å². The Hall–Kier alpha value is -10.4. The topological polar surface area (TPSA) is 111 Å². The summed E-state index contributed by atoms with van der Waals surface area (Å²) in [6.07, 6.45) is 0. The van der Waals surface area contributed by atoms with Crippen LogP contribution in [0.2, 0.25) is 0 Å². The van der Waals surface area contributed by atoms with Crippen molar-refractivity contribution in [1.29, 1.82) is 0 Å². The SMILES string of the molecule is O=c1c(=O)c2cccc3c4c(-c5cccc(-c6nc(-c7ccccc7)nc(-c7ccccc7)n6)c5)c(-c5ccccc5)cc(-c5cccc(-c6nc(-c7ccccc7)nc(-c7ccccc7)n6)c5)c4c4cccc1c4c23. The lowest BCUT2D eigenvalue weighted by molar-refractivity contribution is 1.07. The van der Waals surface area contributed by atoms with E-state index in [-0.39, 0.29) is 0 Å². The molecule has 0 aliphatic heterocycles. The highest BCUT2D eigenvalue weighted by Gasteiger charge is 2.26. The minimum absolute atomic E-state index is 0.395. The van der Waals surface area contributed by atoms with Crippen molar-refractivity contribution in [2.24, 2.45) is 0 Å². The molecule has 0 N–H and O–H groups in total. The summed E-state index contributed by atoms with van der Waals surface area (Å²) < 4.78 is 0. The molecule has 14 aromatic rings. The smallest absolute Gasteiger partial charge is 0.234 e.